The van der Waals surface area contributed by atoms with Crippen LogP contribution >= 0.6 is 0 Å². The summed E-state index contributed by atoms with van der Waals surface area (Å²) in [4.78, 5) is 52.2. The van der Waals surface area contributed by atoms with E-state index in [1.807, 2.05) is 0 Å². The van der Waals surface area contributed by atoms with Crippen molar-refractivity contribution in [1.82, 2.24) is 4.98 Å². The summed E-state index contributed by atoms with van der Waals surface area (Å²) in [6, 6.07) is 6.09. The molecule has 0 bridgehead atoms. The topological polar surface area (TPSA) is 109 Å². The summed E-state index contributed by atoms with van der Waals surface area (Å²) < 4.78 is 60.6. The van der Waals surface area contributed by atoms with E-state index in [9.17, 15) is 19.2 Å². The van der Waals surface area contributed by atoms with Gasteiger partial charge in [0, 0.05) is 23.5 Å². The van der Waals surface area contributed by atoms with Gasteiger partial charge in [0.25, 0.3) is 0 Å². The zero-order valence-electron chi connectivity index (χ0n) is 16.6. The minimum atomic E-state index is -5.05. The van der Waals surface area contributed by atoms with Crippen LogP contribution in [0, 0.1) is 0 Å². The number of carbonyl (C=O) groups excluding carboxylic acids is 4. The molecule has 0 aliphatic carbocycles. The van der Waals surface area contributed by atoms with Crippen molar-refractivity contribution >= 4 is 23.9 Å². The Balaban J connectivity index is 1.78. The van der Waals surface area contributed by atoms with Gasteiger partial charge in [0.15, 0.2) is 0 Å². The molecule has 34 heavy (non-hydrogen) atoms. The van der Waals surface area contributed by atoms with Gasteiger partial charge in [-0.25, -0.2) is 19.2 Å². The van der Waals surface area contributed by atoms with E-state index in [0.717, 1.165) is 48.8 Å². The van der Waals surface area contributed by atoms with Crippen molar-refractivity contribution in [2.45, 2.75) is 11.6 Å². The number of alkyl halides is 3. The number of pyridine rings is 1. The first-order valence-corrected chi connectivity index (χ1v) is 9.68. The largest absolute Gasteiger partial charge is 0.457 e. The molecular weight excluding hydrogens is 459 g/mol. The molecule has 0 atom stereocenters. The van der Waals surface area contributed by atoms with Crippen LogP contribution in [0.1, 0.15) is 58.1 Å². The lowest BCUT2D eigenvalue weighted by Gasteiger charge is -2.42. The Kier molecular flexibility index (Phi) is 3.71. The van der Waals surface area contributed by atoms with Gasteiger partial charge in [-0.3, -0.25) is 4.98 Å². The Morgan fingerprint density at radius 1 is 0.647 bits per heavy atom. The fraction of sp³-hybridized carbons (Fsp3) is 0.0870. The molecule has 1 aromatic heterocycles. The lowest BCUT2D eigenvalue weighted by atomic mass is 9.66. The molecule has 3 aliphatic rings. The molecule has 3 aromatic rings. The summed E-state index contributed by atoms with van der Waals surface area (Å²) in [5.41, 5.74) is -5.47. The zero-order chi connectivity index (χ0) is 24.0. The Morgan fingerprint density at radius 3 is 1.47 bits per heavy atom. The fourth-order valence-corrected chi connectivity index (χ4v) is 4.62. The average Bonchev–Trinajstić information content (AvgIpc) is 3.22. The normalized spacial score (nSPS) is 17.3. The van der Waals surface area contributed by atoms with E-state index >= 15 is 13.2 Å². The number of hydrogen-bond acceptors (Lipinski definition) is 8. The SMILES string of the molecule is O=C1OC(=O)c2cc3c(cc21)Oc1cc2c(cc1C3(c1ccncc1)C(F)(F)F)C(=O)OC2=O. The molecule has 3 aliphatic heterocycles. The van der Waals surface area contributed by atoms with Gasteiger partial charge in [-0.05, 0) is 42.0 Å². The van der Waals surface area contributed by atoms with E-state index in [1.54, 1.807) is 0 Å². The second-order valence-electron chi connectivity index (χ2n) is 7.73. The number of aromatic nitrogens is 1. The summed E-state index contributed by atoms with van der Waals surface area (Å²) in [5.74, 6) is -4.98. The Labute approximate surface area is 186 Å². The maximum absolute atomic E-state index is 15.2. The molecule has 0 amide bonds. The van der Waals surface area contributed by atoms with Crippen molar-refractivity contribution in [3.63, 3.8) is 0 Å². The van der Waals surface area contributed by atoms with Gasteiger partial charge in [-0.1, -0.05) is 0 Å². The van der Waals surface area contributed by atoms with Gasteiger partial charge < -0.3 is 14.2 Å². The first-order chi connectivity index (χ1) is 16.1. The molecule has 0 N–H and O–H groups in total. The third-order valence-electron chi connectivity index (χ3n) is 6.06. The lowest BCUT2D eigenvalue weighted by molar-refractivity contribution is -0.168. The van der Waals surface area contributed by atoms with Crippen LogP contribution in [0.2, 0.25) is 0 Å². The van der Waals surface area contributed by atoms with Crippen molar-refractivity contribution in [3.8, 4) is 11.5 Å². The van der Waals surface area contributed by atoms with E-state index in [0.29, 0.717) is 0 Å². The predicted molar refractivity (Wildman–Crippen MR) is 103 cm³/mol. The van der Waals surface area contributed by atoms with E-state index in [1.165, 1.54) is 0 Å². The van der Waals surface area contributed by atoms with Crippen LogP contribution < -0.4 is 4.74 Å². The third kappa shape index (κ3) is 2.35. The molecule has 8 nitrogen and oxygen atoms in total. The second-order valence-corrected chi connectivity index (χ2v) is 7.73. The molecule has 0 fully saturated rings. The van der Waals surface area contributed by atoms with Crippen molar-refractivity contribution in [1.29, 1.82) is 0 Å². The number of fused-ring (bicyclic) bond motifs is 4. The highest BCUT2D eigenvalue weighted by Crippen LogP contribution is 2.60. The Hall–Kier alpha value is -4.54. The van der Waals surface area contributed by atoms with Crippen LogP contribution in [0.3, 0.4) is 0 Å². The van der Waals surface area contributed by atoms with Crippen molar-refractivity contribution in [2.75, 3.05) is 0 Å². The number of rotatable bonds is 1. The van der Waals surface area contributed by atoms with E-state index in [2.05, 4.69) is 14.5 Å². The van der Waals surface area contributed by atoms with Crippen LogP contribution in [0.4, 0.5) is 13.2 Å². The van der Waals surface area contributed by atoms with Crippen LogP contribution in [-0.4, -0.2) is 35.0 Å². The molecule has 0 unspecified atom stereocenters. The van der Waals surface area contributed by atoms with Crippen molar-refractivity contribution in [3.05, 3.63) is 87.7 Å². The molecule has 0 spiro atoms. The highest BCUT2D eigenvalue weighted by molar-refractivity contribution is 6.16. The number of cyclic esters (lactones) is 4. The van der Waals surface area contributed by atoms with Crippen LogP contribution in [0.15, 0.2) is 48.8 Å². The first kappa shape index (κ1) is 20.1. The van der Waals surface area contributed by atoms with Gasteiger partial charge in [0.2, 0.25) is 0 Å². The number of halogens is 3. The van der Waals surface area contributed by atoms with Gasteiger partial charge in [0.05, 0.1) is 22.3 Å². The lowest BCUT2D eigenvalue weighted by Crippen LogP contribution is -2.46. The number of nitrogens with zero attached hydrogens (tertiary/aromatic N) is 1. The molecular formula is C23H8F3NO7. The molecule has 4 heterocycles. The standard InChI is InChI=1S/C23H8F3NO7/c24-23(25,26)22(9-1-3-27-4-2-9)14-5-10-12(20(30)33-18(10)28)7-16(14)32-17-8-13-11(6-15(17)22)19(29)34-21(13)31/h1-8H. The fourth-order valence-electron chi connectivity index (χ4n) is 4.62. The van der Waals surface area contributed by atoms with Crippen LogP contribution in [-0.2, 0) is 14.9 Å². The monoisotopic (exact) mass is 467 g/mol. The summed E-state index contributed by atoms with van der Waals surface area (Å²) in [7, 11) is 0. The maximum Gasteiger partial charge on any atom is 0.406 e. The molecule has 0 saturated carbocycles. The third-order valence-corrected chi connectivity index (χ3v) is 6.06. The molecule has 0 radical (unpaired) electrons. The van der Waals surface area contributed by atoms with Crippen LogP contribution in [0.25, 0.3) is 0 Å². The number of hydrogen-bond donors (Lipinski definition) is 0. The van der Waals surface area contributed by atoms with Crippen LogP contribution in [0.5, 0.6) is 11.5 Å². The maximum atomic E-state index is 15.2. The van der Waals surface area contributed by atoms with Gasteiger partial charge >= 0.3 is 30.1 Å². The molecule has 2 aromatic carbocycles. The molecule has 6 rings (SSSR count). The highest BCUT2D eigenvalue weighted by atomic mass is 19.4. The van der Waals surface area contributed by atoms with E-state index in [4.69, 9.17) is 4.74 Å². The quantitative estimate of drug-likeness (QED) is 0.394. The minimum Gasteiger partial charge on any atom is -0.457 e. The Morgan fingerprint density at radius 2 is 1.06 bits per heavy atom. The van der Waals surface area contributed by atoms with Gasteiger partial charge in [-0.2, -0.15) is 13.2 Å². The first-order valence-electron chi connectivity index (χ1n) is 9.68. The number of carbonyl (C=O) groups is 4. The smallest absolute Gasteiger partial charge is 0.406 e. The Bertz CT molecular complexity index is 1410. The van der Waals surface area contributed by atoms with E-state index < -0.39 is 46.6 Å². The van der Waals surface area contributed by atoms with Gasteiger partial charge in [-0.15, -0.1) is 0 Å². The van der Waals surface area contributed by atoms with E-state index in [-0.39, 0.29) is 39.3 Å². The molecule has 11 heteroatoms. The summed E-state index contributed by atoms with van der Waals surface area (Å²) in [6.45, 7) is 0. The zero-order valence-corrected chi connectivity index (χ0v) is 16.6. The second kappa shape index (κ2) is 6.28. The summed E-state index contributed by atoms with van der Waals surface area (Å²) in [6.07, 6.45) is -2.73. The van der Waals surface area contributed by atoms with Gasteiger partial charge in [0.1, 0.15) is 16.9 Å². The number of benzene rings is 2. The highest BCUT2D eigenvalue weighted by Gasteiger charge is 2.63. The average molecular weight is 467 g/mol. The predicted octanol–water partition coefficient (Wildman–Crippen LogP) is 3.71. The summed E-state index contributed by atoms with van der Waals surface area (Å²) in [5, 5.41) is 0. The number of ether oxygens (including phenoxy) is 3. The number of esters is 4. The minimum absolute atomic E-state index is 0.256. The summed E-state index contributed by atoms with van der Waals surface area (Å²) >= 11 is 0. The van der Waals surface area contributed by atoms with Crippen molar-refractivity contribution in [2.24, 2.45) is 0 Å². The molecule has 0 saturated heterocycles. The molecule has 168 valence electrons. The van der Waals surface area contributed by atoms with Crippen molar-refractivity contribution < 1.29 is 46.6 Å².